The molecule has 1 aliphatic heterocycles. The molecule has 1 amide bonds. The molecular formula is C21H27N3O5S2. The molecule has 3 rings (SSSR count). The minimum Gasteiger partial charge on any atom is -0.348 e. The Bertz CT molecular complexity index is 1040. The van der Waals surface area contributed by atoms with Gasteiger partial charge in [-0.25, -0.2) is 8.42 Å². The zero-order valence-electron chi connectivity index (χ0n) is 17.8. The number of nitro groups is 1. The van der Waals surface area contributed by atoms with Gasteiger partial charge in [-0.2, -0.15) is 4.31 Å². The van der Waals surface area contributed by atoms with E-state index in [9.17, 15) is 23.3 Å². The van der Waals surface area contributed by atoms with Gasteiger partial charge in [0.05, 0.1) is 15.9 Å². The van der Waals surface area contributed by atoms with Crippen molar-refractivity contribution in [2.45, 2.75) is 44.6 Å². The summed E-state index contributed by atoms with van der Waals surface area (Å²) in [7, 11) is -3.87. The first-order chi connectivity index (χ1) is 14.6. The summed E-state index contributed by atoms with van der Waals surface area (Å²) >= 11 is 1.60. The minimum atomic E-state index is -3.87. The Kier molecular flexibility index (Phi) is 7.13. The Morgan fingerprint density at radius 3 is 2.48 bits per heavy atom. The summed E-state index contributed by atoms with van der Waals surface area (Å²) in [6.07, 6.45) is 0.822. The van der Waals surface area contributed by atoms with Gasteiger partial charge in [0.2, 0.25) is 15.9 Å². The van der Waals surface area contributed by atoms with Gasteiger partial charge >= 0.3 is 0 Å². The fourth-order valence-corrected chi connectivity index (χ4v) is 6.45. The van der Waals surface area contributed by atoms with Crippen LogP contribution in [0.25, 0.3) is 0 Å². The lowest BCUT2D eigenvalue weighted by Gasteiger charge is -2.32. The highest BCUT2D eigenvalue weighted by Gasteiger charge is 2.34. The van der Waals surface area contributed by atoms with Crippen LogP contribution in [0.3, 0.4) is 0 Å². The van der Waals surface area contributed by atoms with E-state index >= 15 is 0 Å². The first kappa shape index (κ1) is 23.4. The van der Waals surface area contributed by atoms with Crippen LogP contribution in [0.2, 0.25) is 0 Å². The molecule has 10 heteroatoms. The van der Waals surface area contributed by atoms with Gasteiger partial charge in [-0.15, -0.1) is 11.3 Å². The maximum Gasteiger partial charge on any atom is 0.270 e. The van der Waals surface area contributed by atoms with Crippen molar-refractivity contribution in [1.29, 1.82) is 0 Å². The Morgan fingerprint density at radius 2 is 1.94 bits per heavy atom. The molecule has 0 aliphatic carbocycles. The molecule has 8 nitrogen and oxygen atoms in total. The van der Waals surface area contributed by atoms with E-state index in [-0.39, 0.29) is 47.5 Å². The lowest BCUT2D eigenvalue weighted by Crippen LogP contribution is -2.44. The van der Waals surface area contributed by atoms with Crippen molar-refractivity contribution in [3.8, 4) is 0 Å². The van der Waals surface area contributed by atoms with Crippen LogP contribution in [0.5, 0.6) is 0 Å². The largest absolute Gasteiger partial charge is 0.348 e. The number of nitrogens with one attached hydrogen (secondary N) is 1. The van der Waals surface area contributed by atoms with Gasteiger partial charge < -0.3 is 5.32 Å². The third-order valence-corrected chi connectivity index (χ3v) is 8.64. The van der Waals surface area contributed by atoms with Crippen LogP contribution in [0.15, 0.2) is 40.6 Å². The number of amides is 1. The van der Waals surface area contributed by atoms with Crippen molar-refractivity contribution < 1.29 is 18.1 Å². The summed E-state index contributed by atoms with van der Waals surface area (Å²) in [5.41, 5.74) is 0.202. The predicted octanol–water partition coefficient (Wildman–Crippen LogP) is 3.88. The molecule has 0 bridgehead atoms. The lowest BCUT2D eigenvalue weighted by molar-refractivity contribution is -0.385. The molecule has 0 saturated carbocycles. The molecule has 0 spiro atoms. The Morgan fingerprint density at radius 1 is 1.26 bits per heavy atom. The highest BCUT2D eigenvalue weighted by Crippen LogP contribution is 2.30. The zero-order chi connectivity index (χ0) is 22.8. The molecule has 1 unspecified atom stereocenters. The van der Waals surface area contributed by atoms with Gasteiger partial charge in [-0.05, 0) is 42.7 Å². The average molecular weight is 466 g/mol. The lowest BCUT2D eigenvalue weighted by atomic mass is 9.95. The molecule has 1 aromatic carbocycles. The number of aryl methyl sites for hydroxylation is 1. The smallest absolute Gasteiger partial charge is 0.270 e. The summed E-state index contributed by atoms with van der Waals surface area (Å²) in [5, 5.41) is 16.2. The van der Waals surface area contributed by atoms with E-state index in [1.807, 2.05) is 17.5 Å². The van der Waals surface area contributed by atoms with Crippen LogP contribution in [0, 0.1) is 28.9 Å². The van der Waals surface area contributed by atoms with Gasteiger partial charge in [0.25, 0.3) is 5.69 Å². The molecule has 168 valence electrons. The van der Waals surface area contributed by atoms with E-state index < -0.39 is 14.9 Å². The summed E-state index contributed by atoms with van der Waals surface area (Å²) in [6.45, 7) is 6.14. The second-order valence-corrected chi connectivity index (χ2v) is 11.0. The Labute approximate surface area is 186 Å². The molecule has 1 aliphatic rings. The average Bonchev–Trinajstić information content (AvgIpc) is 3.26. The van der Waals surface area contributed by atoms with Crippen molar-refractivity contribution in [3.05, 3.63) is 56.3 Å². The number of sulfonamides is 1. The van der Waals surface area contributed by atoms with E-state index in [1.54, 1.807) is 18.3 Å². The van der Waals surface area contributed by atoms with Gasteiger partial charge in [0, 0.05) is 36.0 Å². The molecule has 0 radical (unpaired) electrons. The van der Waals surface area contributed by atoms with Gasteiger partial charge in [0.15, 0.2) is 0 Å². The van der Waals surface area contributed by atoms with Crippen molar-refractivity contribution in [3.63, 3.8) is 0 Å². The SMILES string of the molecule is Cc1ccc([N+](=O)[O-])cc1S(=O)(=O)N1CCC(C(=O)NC(c2cccs2)C(C)C)CC1. The van der Waals surface area contributed by atoms with E-state index in [1.165, 1.54) is 16.4 Å². The molecule has 1 saturated heterocycles. The van der Waals surface area contributed by atoms with Crippen LogP contribution >= 0.6 is 11.3 Å². The number of piperidine rings is 1. The number of nitrogens with zero attached hydrogens (tertiary/aromatic N) is 2. The number of non-ortho nitro benzene ring substituents is 1. The third kappa shape index (κ3) is 5.13. The molecule has 1 N–H and O–H groups in total. The van der Waals surface area contributed by atoms with E-state index in [0.29, 0.717) is 18.4 Å². The minimum absolute atomic E-state index is 0.0535. The van der Waals surface area contributed by atoms with E-state index in [4.69, 9.17) is 0 Å². The molecule has 1 atom stereocenters. The van der Waals surface area contributed by atoms with Gasteiger partial charge in [-0.1, -0.05) is 26.0 Å². The molecule has 1 aromatic heterocycles. The first-order valence-corrected chi connectivity index (χ1v) is 12.5. The number of hydrogen-bond donors (Lipinski definition) is 1. The standard InChI is InChI=1S/C21H27N3O5S2/c1-14(2)20(18-5-4-12-30-18)22-21(25)16-8-10-23(11-9-16)31(28,29)19-13-17(24(26)27)7-6-15(19)3/h4-7,12-14,16,20H,8-11H2,1-3H3,(H,22,25). The monoisotopic (exact) mass is 465 g/mol. The summed E-state index contributed by atoms with van der Waals surface area (Å²) < 4.78 is 27.5. The molecule has 31 heavy (non-hydrogen) atoms. The number of carbonyl (C=O) groups is 1. The maximum absolute atomic E-state index is 13.1. The van der Waals surface area contributed by atoms with Crippen molar-refractivity contribution >= 4 is 33.0 Å². The van der Waals surface area contributed by atoms with Crippen LogP contribution in [0.4, 0.5) is 5.69 Å². The molecule has 2 heterocycles. The van der Waals surface area contributed by atoms with Crippen LogP contribution in [-0.4, -0.2) is 36.6 Å². The predicted molar refractivity (Wildman–Crippen MR) is 119 cm³/mol. The molecule has 1 fully saturated rings. The van der Waals surface area contributed by atoms with Gasteiger partial charge in [-0.3, -0.25) is 14.9 Å². The molecule has 2 aromatic rings. The van der Waals surface area contributed by atoms with Crippen LogP contribution in [0.1, 0.15) is 43.2 Å². The number of rotatable bonds is 7. The van der Waals surface area contributed by atoms with Gasteiger partial charge in [0.1, 0.15) is 0 Å². The topological polar surface area (TPSA) is 110 Å². The quantitative estimate of drug-likeness (QED) is 0.493. The fraction of sp³-hybridized carbons (Fsp3) is 0.476. The maximum atomic E-state index is 13.1. The molecular weight excluding hydrogens is 438 g/mol. The number of benzene rings is 1. The summed E-state index contributed by atoms with van der Waals surface area (Å²) in [5.74, 6) is -0.0885. The summed E-state index contributed by atoms with van der Waals surface area (Å²) in [4.78, 5) is 24.4. The first-order valence-electron chi connectivity index (χ1n) is 10.2. The number of hydrogen-bond acceptors (Lipinski definition) is 6. The normalized spacial score (nSPS) is 16.9. The zero-order valence-corrected chi connectivity index (χ0v) is 19.4. The summed E-state index contributed by atoms with van der Waals surface area (Å²) in [6, 6.07) is 7.75. The second kappa shape index (κ2) is 9.46. The van der Waals surface area contributed by atoms with Crippen molar-refractivity contribution in [2.75, 3.05) is 13.1 Å². The highest BCUT2D eigenvalue weighted by molar-refractivity contribution is 7.89. The highest BCUT2D eigenvalue weighted by atomic mass is 32.2. The third-order valence-electron chi connectivity index (χ3n) is 5.64. The second-order valence-electron chi connectivity index (χ2n) is 8.13. The van der Waals surface area contributed by atoms with Crippen LogP contribution in [-0.2, 0) is 14.8 Å². The van der Waals surface area contributed by atoms with E-state index in [2.05, 4.69) is 19.2 Å². The number of nitro benzene ring substituents is 1. The number of thiophene rings is 1. The van der Waals surface area contributed by atoms with Crippen molar-refractivity contribution in [1.82, 2.24) is 9.62 Å². The fourth-order valence-electron chi connectivity index (χ4n) is 3.78. The van der Waals surface area contributed by atoms with Crippen LogP contribution < -0.4 is 5.32 Å². The number of carbonyl (C=O) groups excluding carboxylic acids is 1. The van der Waals surface area contributed by atoms with Crippen molar-refractivity contribution in [2.24, 2.45) is 11.8 Å². The van der Waals surface area contributed by atoms with E-state index in [0.717, 1.165) is 10.9 Å². The Balaban J connectivity index is 1.68. The Hall–Kier alpha value is -2.30.